The van der Waals surface area contributed by atoms with E-state index in [0.29, 0.717) is 24.4 Å². The number of hydrogen-bond acceptors (Lipinski definition) is 6. The number of benzene rings is 2. The number of piperazine rings is 1. The molecule has 2 saturated heterocycles. The molecule has 4 amide bonds. The van der Waals surface area contributed by atoms with Gasteiger partial charge >= 0.3 is 6.03 Å². The first-order valence-electron chi connectivity index (χ1n) is 11.5. The summed E-state index contributed by atoms with van der Waals surface area (Å²) in [6, 6.07) is 13.4. The largest absolute Gasteiger partial charge is 0.493 e. The zero-order valence-corrected chi connectivity index (χ0v) is 20.0. The number of thioether (sulfide) groups is 1. The third-order valence-corrected chi connectivity index (χ3v) is 7.96. The fourth-order valence-corrected chi connectivity index (χ4v) is 5.68. The van der Waals surface area contributed by atoms with E-state index in [9.17, 15) is 14.4 Å². The highest BCUT2D eigenvalue weighted by molar-refractivity contribution is 7.99. The summed E-state index contributed by atoms with van der Waals surface area (Å²) in [5, 5.41) is 4.95. The smallest absolute Gasteiger partial charge is 0.322 e. The van der Waals surface area contributed by atoms with Gasteiger partial charge in [0.25, 0.3) is 11.8 Å². The van der Waals surface area contributed by atoms with Crippen molar-refractivity contribution in [3.8, 4) is 5.75 Å². The van der Waals surface area contributed by atoms with Gasteiger partial charge in [0.2, 0.25) is 0 Å². The Morgan fingerprint density at radius 2 is 1.91 bits per heavy atom. The molecule has 1 atom stereocenters. The van der Waals surface area contributed by atoms with Crippen molar-refractivity contribution in [2.75, 3.05) is 38.5 Å². The Morgan fingerprint density at radius 1 is 1.12 bits per heavy atom. The number of amides is 4. The van der Waals surface area contributed by atoms with Crippen LogP contribution >= 0.6 is 11.8 Å². The minimum atomic E-state index is -0.993. The monoisotopic (exact) mass is 480 g/mol. The lowest BCUT2D eigenvalue weighted by Gasteiger charge is -2.35. The number of rotatable bonds is 6. The summed E-state index contributed by atoms with van der Waals surface area (Å²) in [5.74, 6) is 0.998. The Labute approximate surface area is 203 Å². The van der Waals surface area contributed by atoms with Crippen molar-refractivity contribution in [2.24, 2.45) is 0 Å². The number of carbonyl (C=O) groups excluding carboxylic acids is 3. The van der Waals surface area contributed by atoms with Gasteiger partial charge in [-0.3, -0.25) is 19.8 Å². The molecule has 0 spiro atoms. The highest BCUT2D eigenvalue weighted by Gasteiger charge is 2.42. The lowest BCUT2D eigenvalue weighted by molar-refractivity contribution is -0.122. The van der Waals surface area contributed by atoms with Crippen molar-refractivity contribution in [2.45, 2.75) is 30.3 Å². The van der Waals surface area contributed by atoms with E-state index in [1.54, 1.807) is 6.92 Å². The third kappa shape index (κ3) is 4.63. The summed E-state index contributed by atoms with van der Waals surface area (Å²) in [7, 11) is 0. The van der Waals surface area contributed by atoms with Crippen molar-refractivity contribution in [1.29, 1.82) is 0 Å². The predicted octanol–water partition coefficient (Wildman–Crippen LogP) is 2.27. The van der Waals surface area contributed by atoms with Crippen LogP contribution in [0.3, 0.4) is 0 Å². The van der Waals surface area contributed by atoms with E-state index in [-0.39, 0.29) is 11.8 Å². The maximum atomic E-state index is 13.3. The van der Waals surface area contributed by atoms with Crippen LogP contribution in [-0.4, -0.2) is 71.7 Å². The SMILES string of the molecule is CC1(CSc2ccccc2C(=O)N2CCN(Cc3ccc4c(c3)CCO4)CC2)NC(=O)NC1=O. The molecule has 0 aliphatic carbocycles. The minimum Gasteiger partial charge on any atom is -0.493 e. The van der Waals surface area contributed by atoms with Crippen molar-refractivity contribution < 1.29 is 19.1 Å². The molecule has 3 aliphatic heterocycles. The predicted molar refractivity (Wildman–Crippen MR) is 129 cm³/mol. The van der Waals surface area contributed by atoms with E-state index >= 15 is 0 Å². The zero-order valence-electron chi connectivity index (χ0n) is 19.1. The quantitative estimate of drug-likeness (QED) is 0.487. The molecule has 178 valence electrons. The van der Waals surface area contributed by atoms with Gasteiger partial charge in [-0.1, -0.05) is 24.3 Å². The maximum Gasteiger partial charge on any atom is 0.322 e. The normalized spacial score (nSPS) is 22.2. The van der Waals surface area contributed by atoms with Gasteiger partial charge in [0.15, 0.2) is 0 Å². The average Bonchev–Trinajstić information content (AvgIpc) is 3.40. The molecule has 0 aromatic heterocycles. The number of fused-ring (bicyclic) bond motifs is 1. The first-order valence-corrected chi connectivity index (χ1v) is 12.5. The summed E-state index contributed by atoms with van der Waals surface area (Å²) in [4.78, 5) is 42.1. The summed E-state index contributed by atoms with van der Waals surface area (Å²) >= 11 is 1.41. The molecule has 0 saturated carbocycles. The number of ether oxygens (including phenoxy) is 1. The van der Waals surface area contributed by atoms with Gasteiger partial charge in [-0.15, -0.1) is 11.8 Å². The summed E-state index contributed by atoms with van der Waals surface area (Å²) in [5.41, 5.74) is 2.20. The van der Waals surface area contributed by atoms with Gasteiger partial charge in [-0.25, -0.2) is 4.79 Å². The van der Waals surface area contributed by atoms with E-state index in [2.05, 4.69) is 33.7 Å². The standard InChI is InChI=1S/C25H28N4O4S/c1-25(23(31)26-24(32)27-25)16-34-21-5-3-2-4-19(21)22(30)29-11-9-28(10-12-29)15-17-6-7-20-18(14-17)8-13-33-20/h2-7,14H,8-13,15-16H2,1H3,(H2,26,27,31,32). The van der Waals surface area contributed by atoms with Crippen LogP contribution in [0.4, 0.5) is 4.79 Å². The van der Waals surface area contributed by atoms with E-state index in [1.165, 1.54) is 22.9 Å². The van der Waals surface area contributed by atoms with Crippen LogP contribution in [0.1, 0.15) is 28.4 Å². The molecule has 2 aromatic carbocycles. The number of carbonyl (C=O) groups is 3. The van der Waals surface area contributed by atoms with Crippen molar-refractivity contribution in [3.05, 3.63) is 59.2 Å². The van der Waals surface area contributed by atoms with Crippen molar-refractivity contribution in [1.82, 2.24) is 20.4 Å². The molecule has 0 bridgehead atoms. The van der Waals surface area contributed by atoms with E-state index in [0.717, 1.165) is 43.3 Å². The van der Waals surface area contributed by atoms with Crippen LogP contribution in [0.15, 0.2) is 47.4 Å². The highest BCUT2D eigenvalue weighted by atomic mass is 32.2. The topological polar surface area (TPSA) is 91.0 Å². The van der Waals surface area contributed by atoms with Gasteiger partial charge in [-0.05, 0) is 36.2 Å². The van der Waals surface area contributed by atoms with Gasteiger partial charge in [0.1, 0.15) is 11.3 Å². The Kier molecular flexibility index (Phi) is 6.22. The average molecular weight is 481 g/mol. The molecule has 34 heavy (non-hydrogen) atoms. The fourth-order valence-electron chi connectivity index (χ4n) is 4.55. The first-order chi connectivity index (χ1) is 16.4. The fraction of sp³-hybridized carbons (Fsp3) is 0.400. The van der Waals surface area contributed by atoms with E-state index in [1.807, 2.05) is 29.2 Å². The molecule has 2 aromatic rings. The first kappa shape index (κ1) is 22.7. The van der Waals surface area contributed by atoms with Gasteiger partial charge in [-0.2, -0.15) is 0 Å². The molecule has 8 nitrogen and oxygen atoms in total. The Hall–Kier alpha value is -3.04. The van der Waals surface area contributed by atoms with Crippen molar-refractivity contribution in [3.63, 3.8) is 0 Å². The zero-order chi connectivity index (χ0) is 23.7. The van der Waals surface area contributed by atoms with Gasteiger partial charge in [0, 0.05) is 49.8 Å². The summed E-state index contributed by atoms with van der Waals surface area (Å²) < 4.78 is 5.60. The number of nitrogens with one attached hydrogen (secondary N) is 2. The van der Waals surface area contributed by atoms with Crippen LogP contribution in [0.2, 0.25) is 0 Å². The summed E-state index contributed by atoms with van der Waals surface area (Å²) in [6.07, 6.45) is 0.971. The van der Waals surface area contributed by atoms with Crippen LogP contribution in [0.25, 0.3) is 0 Å². The molecule has 0 radical (unpaired) electrons. The molecule has 9 heteroatoms. The molecular formula is C25H28N4O4S. The Balaban J connectivity index is 1.19. The number of imide groups is 1. The molecule has 5 rings (SSSR count). The van der Waals surface area contributed by atoms with E-state index in [4.69, 9.17) is 4.74 Å². The van der Waals surface area contributed by atoms with Crippen molar-refractivity contribution >= 4 is 29.6 Å². The molecule has 2 N–H and O–H groups in total. The van der Waals surface area contributed by atoms with Gasteiger partial charge < -0.3 is 15.0 Å². The second-order valence-corrected chi connectivity index (χ2v) is 10.2. The van der Waals surface area contributed by atoms with Crippen LogP contribution < -0.4 is 15.4 Å². The molecule has 1 unspecified atom stereocenters. The van der Waals surface area contributed by atoms with E-state index < -0.39 is 11.6 Å². The maximum absolute atomic E-state index is 13.3. The number of urea groups is 1. The molecule has 2 fully saturated rings. The van der Waals surface area contributed by atoms with Crippen LogP contribution in [0.5, 0.6) is 5.75 Å². The minimum absolute atomic E-state index is 0.00231. The lowest BCUT2D eigenvalue weighted by atomic mass is 10.1. The Bertz CT molecular complexity index is 1130. The summed E-state index contributed by atoms with van der Waals surface area (Å²) in [6.45, 7) is 6.30. The lowest BCUT2D eigenvalue weighted by Crippen LogP contribution is -2.48. The van der Waals surface area contributed by atoms with Crippen LogP contribution in [-0.2, 0) is 17.8 Å². The highest BCUT2D eigenvalue weighted by Crippen LogP contribution is 2.29. The van der Waals surface area contributed by atoms with Gasteiger partial charge in [0.05, 0.1) is 12.2 Å². The second-order valence-electron chi connectivity index (χ2n) is 9.13. The molecule has 3 aliphatic rings. The molecule has 3 heterocycles. The number of hydrogen-bond donors (Lipinski definition) is 2. The second kappa shape index (κ2) is 9.31. The Morgan fingerprint density at radius 3 is 2.68 bits per heavy atom. The molecular weight excluding hydrogens is 452 g/mol. The third-order valence-electron chi connectivity index (χ3n) is 6.57. The number of nitrogens with zero attached hydrogens (tertiary/aromatic N) is 2. The van der Waals surface area contributed by atoms with Crippen LogP contribution in [0, 0.1) is 0 Å².